The molecular weight excluding hydrogens is 291 g/mol. The standard InChI is InChI=1S/C19H17FN2O/c1-22-12-11-21-19(22)13-5-7-14(8-6-13)23-18-10-9-17(20)15-3-2-4-16(15)18/h5-12H,2-4H2,1H3. The maximum Gasteiger partial charge on any atom is 0.139 e. The van der Waals surface area contributed by atoms with Gasteiger partial charge < -0.3 is 9.30 Å². The first-order valence-corrected chi connectivity index (χ1v) is 7.78. The zero-order valence-corrected chi connectivity index (χ0v) is 12.9. The van der Waals surface area contributed by atoms with E-state index in [4.69, 9.17) is 4.74 Å². The molecule has 4 rings (SSSR count). The molecule has 0 saturated heterocycles. The molecule has 0 bridgehead atoms. The van der Waals surface area contributed by atoms with Crippen molar-refractivity contribution in [2.75, 3.05) is 0 Å². The molecule has 2 aromatic carbocycles. The molecule has 0 amide bonds. The zero-order chi connectivity index (χ0) is 15.8. The van der Waals surface area contributed by atoms with E-state index >= 15 is 0 Å². The molecule has 0 N–H and O–H groups in total. The lowest BCUT2D eigenvalue weighted by atomic mass is 10.1. The van der Waals surface area contributed by atoms with Gasteiger partial charge in [-0.3, -0.25) is 0 Å². The SMILES string of the molecule is Cn1ccnc1-c1ccc(Oc2ccc(F)c3c2CCC3)cc1. The van der Waals surface area contributed by atoms with Crippen molar-refractivity contribution in [2.45, 2.75) is 19.3 Å². The molecule has 0 fully saturated rings. The fourth-order valence-corrected chi connectivity index (χ4v) is 3.17. The number of hydrogen-bond acceptors (Lipinski definition) is 2. The van der Waals surface area contributed by atoms with Crippen LogP contribution in [0.15, 0.2) is 48.8 Å². The summed E-state index contributed by atoms with van der Waals surface area (Å²) < 4.78 is 21.8. The van der Waals surface area contributed by atoms with Crippen LogP contribution in [0.2, 0.25) is 0 Å². The molecule has 1 heterocycles. The van der Waals surface area contributed by atoms with Gasteiger partial charge >= 0.3 is 0 Å². The Morgan fingerprint density at radius 2 is 1.83 bits per heavy atom. The fourth-order valence-electron chi connectivity index (χ4n) is 3.17. The second-order valence-electron chi connectivity index (χ2n) is 5.84. The fraction of sp³-hybridized carbons (Fsp3) is 0.211. The van der Waals surface area contributed by atoms with Crippen LogP contribution in [0.4, 0.5) is 4.39 Å². The predicted octanol–water partition coefficient (Wildman–Crippen LogP) is 4.51. The molecule has 0 unspecified atom stereocenters. The highest BCUT2D eigenvalue weighted by Gasteiger charge is 2.20. The molecule has 116 valence electrons. The predicted molar refractivity (Wildman–Crippen MR) is 87.1 cm³/mol. The van der Waals surface area contributed by atoms with Crippen LogP contribution in [-0.2, 0) is 19.9 Å². The van der Waals surface area contributed by atoms with Crippen LogP contribution in [-0.4, -0.2) is 9.55 Å². The van der Waals surface area contributed by atoms with Gasteiger partial charge in [0.25, 0.3) is 0 Å². The van der Waals surface area contributed by atoms with Gasteiger partial charge in [-0.1, -0.05) is 0 Å². The Morgan fingerprint density at radius 3 is 2.57 bits per heavy atom. The number of fused-ring (bicyclic) bond motifs is 1. The van der Waals surface area contributed by atoms with E-state index in [1.54, 1.807) is 12.3 Å². The van der Waals surface area contributed by atoms with Crippen molar-refractivity contribution in [1.82, 2.24) is 9.55 Å². The van der Waals surface area contributed by atoms with Crippen molar-refractivity contribution in [3.8, 4) is 22.9 Å². The number of ether oxygens (including phenoxy) is 1. The van der Waals surface area contributed by atoms with Gasteiger partial charge in [-0.25, -0.2) is 9.37 Å². The Kier molecular flexibility index (Phi) is 3.37. The normalized spacial score (nSPS) is 13.1. The molecule has 0 saturated carbocycles. The Bertz CT molecular complexity index is 852. The third-order valence-electron chi connectivity index (χ3n) is 4.35. The molecule has 0 atom stereocenters. The van der Waals surface area contributed by atoms with Gasteiger partial charge in [-0.15, -0.1) is 0 Å². The second kappa shape index (κ2) is 5.54. The average Bonchev–Trinajstić information content (AvgIpc) is 3.20. The molecule has 4 heteroatoms. The van der Waals surface area contributed by atoms with Crippen molar-refractivity contribution in [1.29, 1.82) is 0 Å². The van der Waals surface area contributed by atoms with E-state index < -0.39 is 0 Å². The topological polar surface area (TPSA) is 27.1 Å². The Hall–Kier alpha value is -2.62. The third kappa shape index (κ3) is 2.50. The summed E-state index contributed by atoms with van der Waals surface area (Å²) >= 11 is 0. The van der Waals surface area contributed by atoms with Crippen LogP contribution in [0.3, 0.4) is 0 Å². The summed E-state index contributed by atoms with van der Waals surface area (Å²) in [6.45, 7) is 0. The molecule has 0 radical (unpaired) electrons. The van der Waals surface area contributed by atoms with E-state index in [9.17, 15) is 4.39 Å². The van der Waals surface area contributed by atoms with Crippen molar-refractivity contribution in [3.05, 3.63) is 65.7 Å². The van der Waals surface area contributed by atoms with Gasteiger partial charge in [0.05, 0.1) is 0 Å². The number of hydrogen-bond donors (Lipinski definition) is 0. The second-order valence-corrected chi connectivity index (χ2v) is 5.84. The van der Waals surface area contributed by atoms with Crippen LogP contribution in [0.5, 0.6) is 11.5 Å². The Morgan fingerprint density at radius 1 is 1.04 bits per heavy atom. The van der Waals surface area contributed by atoms with E-state index in [1.807, 2.05) is 42.1 Å². The quantitative estimate of drug-likeness (QED) is 0.712. The van der Waals surface area contributed by atoms with Gasteiger partial charge in [-0.2, -0.15) is 0 Å². The molecule has 1 aliphatic rings. The van der Waals surface area contributed by atoms with Crippen LogP contribution < -0.4 is 4.74 Å². The molecule has 0 aliphatic heterocycles. The van der Waals surface area contributed by atoms with Crippen molar-refractivity contribution in [2.24, 2.45) is 7.05 Å². The Balaban J connectivity index is 1.61. The maximum atomic E-state index is 13.8. The highest BCUT2D eigenvalue weighted by atomic mass is 19.1. The largest absolute Gasteiger partial charge is 0.457 e. The smallest absolute Gasteiger partial charge is 0.139 e. The van der Waals surface area contributed by atoms with Gasteiger partial charge in [0.15, 0.2) is 0 Å². The van der Waals surface area contributed by atoms with Crippen LogP contribution in [0.25, 0.3) is 11.4 Å². The molecule has 23 heavy (non-hydrogen) atoms. The van der Waals surface area contributed by atoms with E-state index in [0.717, 1.165) is 53.3 Å². The summed E-state index contributed by atoms with van der Waals surface area (Å²) in [5.41, 5.74) is 2.86. The highest BCUT2D eigenvalue weighted by molar-refractivity contribution is 5.57. The zero-order valence-electron chi connectivity index (χ0n) is 12.9. The average molecular weight is 308 g/mol. The lowest BCUT2D eigenvalue weighted by Crippen LogP contribution is -1.94. The number of rotatable bonds is 3. The summed E-state index contributed by atoms with van der Waals surface area (Å²) in [5.74, 6) is 2.32. The monoisotopic (exact) mass is 308 g/mol. The van der Waals surface area contributed by atoms with Gasteiger partial charge in [0.1, 0.15) is 23.1 Å². The minimum absolute atomic E-state index is 0.116. The number of aryl methyl sites for hydroxylation is 1. The lowest BCUT2D eigenvalue weighted by Gasteiger charge is -2.11. The minimum Gasteiger partial charge on any atom is -0.457 e. The summed E-state index contributed by atoms with van der Waals surface area (Å²) in [6.07, 6.45) is 6.37. The van der Waals surface area contributed by atoms with Crippen LogP contribution in [0.1, 0.15) is 17.5 Å². The number of halogens is 1. The number of benzene rings is 2. The highest BCUT2D eigenvalue weighted by Crippen LogP contribution is 2.35. The summed E-state index contributed by atoms with van der Waals surface area (Å²) in [4.78, 5) is 4.34. The molecule has 3 nitrogen and oxygen atoms in total. The summed E-state index contributed by atoms with van der Waals surface area (Å²) in [5, 5.41) is 0. The van der Waals surface area contributed by atoms with Crippen molar-refractivity contribution in [3.63, 3.8) is 0 Å². The van der Waals surface area contributed by atoms with Crippen molar-refractivity contribution >= 4 is 0 Å². The summed E-state index contributed by atoms with van der Waals surface area (Å²) in [6, 6.07) is 11.1. The first kappa shape index (κ1) is 14.0. The first-order valence-electron chi connectivity index (χ1n) is 7.78. The van der Waals surface area contributed by atoms with E-state index in [1.165, 1.54) is 6.07 Å². The van der Waals surface area contributed by atoms with Crippen molar-refractivity contribution < 1.29 is 9.13 Å². The molecule has 1 aliphatic carbocycles. The molecule has 1 aromatic heterocycles. The molecule has 0 spiro atoms. The number of nitrogens with zero attached hydrogens (tertiary/aromatic N) is 2. The van der Waals surface area contributed by atoms with Crippen LogP contribution >= 0.6 is 0 Å². The van der Waals surface area contributed by atoms with E-state index in [2.05, 4.69) is 4.98 Å². The third-order valence-corrected chi connectivity index (χ3v) is 4.35. The van der Waals surface area contributed by atoms with E-state index in [-0.39, 0.29) is 5.82 Å². The van der Waals surface area contributed by atoms with E-state index in [0.29, 0.717) is 0 Å². The summed E-state index contributed by atoms with van der Waals surface area (Å²) in [7, 11) is 1.97. The van der Waals surface area contributed by atoms with Gasteiger partial charge in [0.2, 0.25) is 0 Å². The Labute approximate surface area is 134 Å². The van der Waals surface area contributed by atoms with Gasteiger partial charge in [0, 0.05) is 30.6 Å². The number of imidazole rings is 1. The first-order chi connectivity index (χ1) is 11.2. The molecule has 3 aromatic rings. The lowest BCUT2D eigenvalue weighted by molar-refractivity contribution is 0.474. The maximum absolute atomic E-state index is 13.8. The minimum atomic E-state index is -0.116. The van der Waals surface area contributed by atoms with Crippen LogP contribution in [0, 0.1) is 5.82 Å². The molecular formula is C19H17FN2O. The number of aromatic nitrogens is 2. The van der Waals surface area contributed by atoms with Gasteiger partial charge in [-0.05, 0) is 61.2 Å².